The van der Waals surface area contributed by atoms with Crippen LogP contribution in [0.25, 0.3) is 0 Å². The lowest BCUT2D eigenvalue weighted by Gasteiger charge is -2.00. The lowest BCUT2D eigenvalue weighted by atomic mass is 10.2. The normalized spacial score (nSPS) is 10.5. The predicted octanol–water partition coefficient (Wildman–Crippen LogP) is 3.68. The summed E-state index contributed by atoms with van der Waals surface area (Å²) in [7, 11) is 2.63. The third-order valence-electron chi connectivity index (χ3n) is 2.82. The Balaban J connectivity index is 2.22. The SMILES string of the molecule is COC(=O)c1cccc(/N=N/c2cccc(C(=O)OC)c2)c1. The lowest BCUT2D eigenvalue weighted by Crippen LogP contribution is -2.00. The van der Waals surface area contributed by atoms with Crippen molar-refractivity contribution in [3.05, 3.63) is 59.7 Å². The largest absolute Gasteiger partial charge is 0.465 e. The van der Waals surface area contributed by atoms with E-state index in [0.717, 1.165) is 0 Å². The molecule has 0 aliphatic heterocycles. The number of benzene rings is 2. The molecule has 6 nitrogen and oxygen atoms in total. The quantitative estimate of drug-likeness (QED) is 0.637. The molecule has 0 unspecified atom stereocenters. The van der Waals surface area contributed by atoms with Gasteiger partial charge >= 0.3 is 11.9 Å². The maximum atomic E-state index is 11.4. The maximum absolute atomic E-state index is 11.4. The predicted molar refractivity (Wildman–Crippen MR) is 79.7 cm³/mol. The Bertz CT molecular complexity index is 664. The van der Waals surface area contributed by atoms with E-state index in [4.69, 9.17) is 0 Å². The number of hydrogen-bond acceptors (Lipinski definition) is 6. The van der Waals surface area contributed by atoms with Gasteiger partial charge in [-0.25, -0.2) is 9.59 Å². The second-order valence-corrected chi connectivity index (χ2v) is 4.28. The number of azo groups is 1. The van der Waals surface area contributed by atoms with Crippen LogP contribution >= 0.6 is 0 Å². The number of hydrogen-bond donors (Lipinski definition) is 0. The summed E-state index contributed by atoms with van der Waals surface area (Å²) in [6, 6.07) is 13.2. The highest BCUT2D eigenvalue weighted by Gasteiger charge is 2.06. The molecule has 0 aromatic heterocycles. The van der Waals surface area contributed by atoms with Gasteiger partial charge in [0.15, 0.2) is 0 Å². The van der Waals surface area contributed by atoms with Gasteiger partial charge in [-0.3, -0.25) is 0 Å². The summed E-state index contributed by atoms with van der Waals surface area (Å²) < 4.78 is 9.29. The highest BCUT2D eigenvalue weighted by molar-refractivity contribution is 5.90. The molecule has 0 spiro atoms. The number of rotatable bonds is 4. The highest BCUT2D eigenvalue weighted by Crippen LogP contribution is 2.20. The van der Waals surface area contributed by atoms with Gasteiger partial charge in [0, 0.05) is 0 Å². The first-order valence-electron chi connectivity index (χ1n) is 6.42. The molecule has 0 amide bonds. The lowest BCUT2D eigenvalue weighted by molar-refractivity contribution is 0.0592. The van der Waals surface area contributed by atoms with Gasteiger partial charge in [-0.2, -0.15) is 10.2 Å². The summed E-state index contributed by atoms with van der Waals surface area (Å²) in [5.74, 6) is -0.880. The Labute approximate surface area is 127 Å². The summed E-state index contributed by atoms with van der Waals surface area (Å²) in [6.07, 6.45) is 0. The molecule has 0 N–H and O–H groups in total. The second kappa shape index (κ2) is 7.12. The van der Waals surface area contributed by atoms with Gasteiger partial charge in [0.25, 0.3) is 0 Å². The molecule has 0 saturated heterocycles. The Kier molecular flexibility index (Phi) is 4.98. The molecular formula is C16H14N2O4. The molecule has 0 radical (unpaired) electrons. The fourth-order valence-electron chi connectivity index (χ4n) is 1.74. The zero-order chi connectivity index (χ0) is 15.9. The van der Waals surface area contributed by atoms with Crippen LogP contribution in [0.15, 0.2) is 58.8 Å². The Hall–Kier alpha value is -3.02. The molecule has 0 saturated carbocycles. The van der Waals surface area contributed by atoms with Crippen molar-refractivity contribution < 1.29 is 19.1 Å². The Morgan fingerprint density at radius 1 is 0.773 bits per heavy atom. The summed E-state index contributed by atoms with van der Waals surface area (Å²) in [5, 5.41) is 8.09. The van der Waals surface area contributed by atoms with Gasteiger partial charge < -0.3 is 9.47 Å². The van der Waals surface area contributed by atoms with E-state index in [1.807, 2.05) is 0 Å². The van der Waals surface area contributed by atoms with Crippen molar-refractivity contribution in [1.29, 1.82) is 0 Å². The van der Waals surface area contributed by atoms with Crippen LogP contribution in [0, 0.1) is 0 Å². The van der Waals surface area contributed by atoms with Gasteiger partial charge in [0.2, 0.25) is 0 Å². The molecule has 2 aromatic rings. The first-order chi connectivity index (χ1) is 10.6. The number of esters is 2. The van der Waals surface area contributed by atoms with E-state index in [0.29, 0.717) is 22.5 Å². The standard InChI is InChI=1S/C16H14N2O4/c1-21-15(19)11-5-3-7-13(9-11)17-18-14-8-4-6-12(10-14)16(20)22-2/h3-10H,1-2H3/b18-17+. The first kappa shape index (κ1) is 15.4. The van der Waals surface area contributed by atoms with Crippen molar-refractivity contribution in [2.75, 3.05) is 14.2 Å². The van der Waals surface area contributed by atoms with Gasteiger partial charge in [0.05, 0.1) is 36.7 Å². The van der Waals surface area contributed by atoms with Crippen molar-refractivity contribution in [3.63, 3.8) is 0 Å². The number of nitrogens with zero attached hydrogens (tertiary/aromatic N) is 2. The molecule has 22 heavy (non-hydrogen) atoms. The molecular weight excluding hydrogens is 284 g/mol. The minimum atomic E-state index is -0.440. The molecule has 112 valence electrons. The van der Waals surface area contributed by atoms with Gasteiger partial charge in [-0.1, -0.05) is 12.1 Å². The highest BCUT2D eigenvalue weighted by atomic mass is 16.5. The van der Waals surface area contributed by atoms with Crippen LogP contribution in [0.3, 0.4) is 0 Å². The zero-order valence-corrected chi connectivity index (χ0v) is 12.1. The second-order valence-electron chi connectivity index (χ2n) is 4.28. The van der Waals surface area contributed by atoms with E-state index in [1.54, 1.807) is 48.5 Å². The summed E-state index contributed by atoms with van der Waals surface area (Å²) >= 11 is 0. The minimum Gasteiger partial charge on any atom is -0.465 e. The smallest absolute Gasteiger partial charge is 0.337 e. The number of carbonyl (C=O) groups is 2. The van der Waals surface area contributed by atoms with E-state index in [2.05, 4.69) is 19.7 Å². The fraction of sp³-hybridized carbons (Fsp3) is 0.125. The van der Waals surface area contributed by atoms with E-state index in [9.17, 15) is 9.59 Å². The molecule has 0 atom stereocenters. The van der Waals surface area contributed by atoms with Crippen LogP contribution in [-0.4, -0.2) is 26.2 Å². The maximum Gasteiger partial charge on any atom is 0.337 e. The van der Waals surface area contributed by atoms with Crippen molar-refractivity contribution in [2.45, 2.75) is 0 Å². The summed E-state index contributed by atoms with van der Waals surface area (Å²) in [6.45, 7) is 0. The van der Waals surface area contributed by atoms with Crippen LogP contribution < -0.4 is 0 Å². The van der Waals surface area contributed by atoms with Crippen molar-refractivity contribution in [3.8, 4) is 0 Å². The number of carbonyl (C=O) groups excluding carboxylic acids is 2. The van der Waals surface area contributed by atoms with Crippen molar-refractivity contribution in [2.24, 2.45) is 10.2 Å². The van der Waals surface area contributed by atoms with Gasteiger partial charge in [-0.05, 0) is 36.4 Å². The molecule has 0 aliphatic carbocycles. The van der Waals surface area contributed by atoms with E-state index in [-0.39, 0.29) is 0 Å². The monoisotopic (exact) mass is 298 g/mol. The van der Waals surface area contributed by atoms with Crippen LogP contribution in [0.5, 0.6) is 0 Å². The third-order valence-corrected chi connectivity index (χ3v) is 2.82. The van der Waals surface area contributed by atoms with Crippen LogP contribution in [0.4, 0.5) is 11.4 Å². The Morgan fingerprint density at radius 3 is 1.55 bits per heavy atom. The van der Waals surface area contributed by atoms with Crippen LogP contribution in [-0.2, 0) is 9.47 Å². The zero-order valence-electron chi connectivity index (χ0n) is 12.1. The topological polar surface area (TPSA) is 77.3 Å². The molecule has 0 fully saturated rings. The van der Waals surface area contributed by atoms with Crippen LogP contribution in [0.2, 0.25) is 0 Å². The number of ether oxygens (including phenoxy) is 2. The van der Waals surface area contributed by atoms with E-state index >= 15 is 0 Å². The van der Waals surface area contributed by atoms with Gasteiger partial charge in [0.1, 0.15) is 0 Å². The van der Waals surface area contributed by atoms with Crippen molar-refractivity contribution in [1.82, 2.24) is 0 Å². The van der Waals surface area contributed by atoms with Crippen LogP contribution in [0.1, 0.15) is 20.7 Å². The molecule has 6 heteroatoms. The average Bonchev–Trinajstić information content (AvgIpc) is 2.59. The Morgan fingerprint density at radius 2 is 1.18 bits per heavy atom. The van der Waals surface area contributed by atoms with Gasteiger partial charge in [-0.15, -0.1) is 0 Å². The number of methoxy groups -OCH3 is 2. The third kappa shape index (κ3) is 3.76. The molecule has 2 aromatic carbocycles. The van der Waals surface area contributed by atoms with E-state index < -0.39 is 11.9 Å². The molecule has 0 heterocycles. The fourth-order valence-corrected chi connectivity index (χ4v) is 1.74. The average molecular weight is 298 g/mol. The summed E-state index contributed by atoms with van der Waals surface area (Å²) in [5.41, 5.74) is 1.79. The minimum absolute atomic E-state index is 0.391. The van der Waals surface area contributed by atoms with Crippen molar-refractivity contribution >= 4 is 23.3 Å². The molecule has 2 rings (SSSR count). The molecule has 0 aliphatic rings. The first-order valence-corrected chi connectivity index (χ1v) is 6.42. The molecule has 0 bridgehead atoms. The van der Waals surface area contributed by atoms with E-state index in [1.165, 1.54) is 14.2 Å². The summed E-state index contributed by atoms with van der Waals surface area (Å²) in [4.78, 5) is 22.9.